The summed E-state index contributed by atoms with van der Waals surface area (Å²) in [6.45, 7) is 0. The van der Waals surface area contributed by atoms with Gasteiger partial charge < -0.3 is 13.9 Å². The van der Waals surface area contributed by atoms with Crippen LogP contribution < -0.4 is 4.90 Å². The Bertz CT molecular complexity index is 3280. The summed E-state index contributed by atoms with van der Waals surface area (Å²) >= 11 is 1.86. The molecule has 10 aromatic rings. The Labute approximate surface area is 327 Å². The van der Waals surface area contributed by atoms with E-state index in [4.69, 9.17) is 4.42 Å². The van der Waals surface area contributed by atoms with Crippen molar-refractivity contribution in [2.45, 2.75) is 0 Å². The highest BCUT2D eigenvalue weighted by molar-refractivity contribution is 7.25. The van der Waals surface area contributed by atoms with Crippen molar-refractivity contribution >= 4 is 92.2 Å². The van der Waals surface area contributed by atoms with E-state index in [1.54, 1.807) is 0 Å². The van der Waals surface area contributed by atoms with Gasteiger partial charge in [-0.2, -0.15) is 0 Å². The number of para-hydroxylation sites is 2. The topological polar surface area (TPSA) is 21.3 Å². The summed E-state index contributed by atoms with van der Waals surface area (Å²) in [4.78, 5) is 2.43. The first-order valence-corrected chi connectivity index (χ1v) is 20.1. The molecule has 0 amide bonds. The summed E-state index contributed by atoms with van der Waals surface area (Å²) in [7, 11) is 0. The highest BCUT2D eigenvalue weighted by atomic mass is 32.1. The second kappa shape index (κ2) is 12.3. The van der Waals surface area contributed by atoms with Crippen molar-refractivity contribution in [3.8, 4) is 5.69 Å². The third-order valence-electron chi connectivity index (χ3n) is 11.7. The Hall–Kier alpha value is -6.88. The molecule has 264 valence electrons. The minimum atomic E-state index is 0.253. The van der Waals surface area contributed by atoms with Crippen molar-refractivity contribution in [3.05, 3.63) is 205 Å². The van der Waals surface area contributed by atoms with Gasteiger partial charge in [-0.3, -0.25) is 0 Å². The third kappa shape index (κ3) is 4.89. The number of aromatic nitrogens is 1. The second-order valence-corrected chi connectivity index (χ2v) is 16.0. The highest BCUT2D eigenvalue weighted by Gasteiger charge is 2.25. The van der Waals surface area contributed by atoms with Crippen molar-refractivity contribution in [1.82, 2.24) is 4.57 Å². The van der Waals surface area contributed by atoms with E-state index in [-0.39, 0.29) is 5.92 Å². The summed E-state index contributed by atoms with van der Waals surface area (Å²) < 4.78 is 11.5. The summed E-state index contributed by atoms with van der Waals surface area (Å²) in [5.41, 5.74) is 11.2. The second-order valence-electron chi connectivity index (χ2n) is 14.9. The molecule has 0 saturated heterocycles. The molecule has 2 unspecified atom stereocenters. The summed E-state index contributed by atoms with van der Waals surface area (Å²) in [5, 5.41) is 7.28. The lowest BCUT2D eigenvalue weighted by Gasteiger charge is -2.32. The molecule has 3 nitrogen and oxygen atoms in total. The van der Waals surface area contributed by atoms with Gasteiger partial charge in [0.2, 0.25) is 0 Å². The largest absolute Gasteiger partial charge is 0.456 e. The third-order valence-corrected chi connectivity index (χ3v) is 12.8. The molecule has 3 aromatic heterocycles. The fraction of sp³-hybridized carbons (Fsp3) is 0.0385. The standard InChI is InChI=1S/C52H34N2OS/c1-2-10-33(11-3-1)34-18-19-36-29-37(21-20-35(36)28-34)53(39-24-27-52-46(32-39)43-14-6-9-17-51(43)56-52)38-22-25-49-44(30-38)45-31-40(23-26-50(45)55-49)54-47-15-7-4-12-41(47)42-13-5-8-16-48(42)54/h1-32,35-36H. The van der Waals surface area contributed by atoms with Crippen molar-refractivity contribution < 1.29 is 4.42 Å². The average Bonchev–Trinajstić information content (AvgIpc) is 3.93. The molecular formula is C52H34N2OS. The number of thiophene rings is 1. The van der Waals surface area contributed by atoms with E-state index in [0.29, 0.717) is 5.92 Å². The predicted molar refractivity (Wildman–Crippen MR) is 237 cm³/mol. The summed E-state index contributed by atoms with van der Waals surface area (Å²) in [5.74, 6) is 0.548. The normalized spacial score (nSPS) is 16.6. The number of hydrogen-bond acceptors (Lipinski definition) is 3. The molecule has 0 spiro atoms. The van der Waals surface area contributed by atoms with Crippen molar-refractivity contribution in [3.63, 3.8) is 0 Å². The smallest absolute Gasteiger partial charge is 0.135 e. The Morgan fingerprint density at radius 3 is 1.89 bits per heavy atom. The van der Waals surface area contributed by atoms with Crippen LogP contribution in [0.2, 0.25) is 0 Å². The van der Waals surface area contributed by atoms with E-state index in [0.717, 1.165) is 44.7 Å². The number of benzene rings is 7. The Kier molecular flexibility index (Phi) is 6.92. The van der Waals surface area contributed by atoms with Crippen LogP contribution in [0.25, 0.3) is 75.2 Å². The van der Waals surface area contributed by atoms with Crippen LogP contribution in [0.3, 0.4) is 0 Å². The SMILES string of the molecule is C1=CC2C=C(N(c3ccc4oc5ccc(-n6c7ccccc7c7ccccc76)cc5c4c3)c3ccc4sc5ccccc5c4c3)C=CC2C=C1c1ccccc1. The number of nitrogens with zero attached hydrogens (tertiary/aromatic N) is 2. The average molecular weight is 735 g/mol. The van der Waals surface area contributed by atoms with Crippen LogP contribution >= 0.6 is 11.3 Å². The van der Waals surface area contributed by atoms with Gasteiger partial charge in [0.25, 0.3) is 0 Å². The van der Waals surface area contributed by atoms with E-state index in [9.17, 15) is 0 Å². The lowest BCUT2D eigenvalue weighted by atomic mass is 9.80. The monoisotopic (exact) mass is 734 g/mol. The van der Waals surface area contributed by atoms with E-state index >= 15 is 0 Å². The van der Waals surface area contributed by atoms with Gasteiger partial charge in [-0.1, -0.05) is 115 Å². The molecule has 2 aliphatic rings. The van der Waals surface area contributed by atoms with Gasteiger partial charge in [0.1, 0.15) is 11.2 Å². The number of rotatable bonds is 5. The highest BCUT2D eigenvalue weighted by Crippen LogP contribution is 2.43. The van der Waals surface area contributed by atoms with Crippen LogP contribution in [0.1, 0.15) is 5.56 Å². The van der Waals surface area contributed by atoms with E-state index in [1.807, 2.05) is 11.3 Å². The van der Waals surface area contributed by atoms with Crippen LogP contribution in [0.5, 0.6) is 0 Å². The van der Waals surface area contributed by atoms with Crippen LogP contribution in [0.15, 0.2) is 204 Å². The molecule has 2 atom stereocenters. The molecule has 12 rings (SSSR count). The summed E-state index contributed by atoms with van der Waals surface area (Å²) in [6.07, 6.45) is 14.2. The number of allylic oxidation sites excluding steroid dienone is 7. The van der Waals surface area contributed by atoms with Gasteiger partial charge in [0.15, 0.2) is 0 Å². The van der Waals surface area contributed by atoms with E-state index in [1.165, 1.54) is 53.1 Å². The first kappa shape index (κ1) is 31.5. The van der Waals surface area contributed by atoms with E-state index in [2.05, 4.69) is 204 Å². The minimum Gasteiger partial charge on any atom is -0.456 e. The zero-order valence-electron chi connectivity index (χ0n) is 30.3. The van der Waals surface area contributed by atoms with Gasteiger partial charge in [0.05, 0.1) is 11.0 Å². The molecule has 0 N–H and O–H groups in total. The molecular weight excluding hydrogens is 701 g/mol. The first-order chi connectivity index (χ1) is 27.7. The van der Waals surface area contributed by atoms with Crippen molar-refractivity contribution in [2.24, 2.45) is 11.8 Å². The molecule has 0 fully saturated rings. The quantitative estimate of drug-likeness (QED) is 0.176. The van der Waals surface area contributed by atoms with Crippen LogP contribution in [0, 0.1) is 11.8 Å². The van der Waals surface area contributed by atoms with Crippen molar-refractivity contribution in [1.29, 1.82) is 0 Å². The molecule has 0 saturated carbocycles. The molecule has 56 heavy (non-hydrogen) atoms. The van der Waals surface area contributed by atoms with Gasteiger partial charge in [-0.05, 0) is 90.0 Å². The molecule has 2 aliphatic carbocycles. The van der Waals surface area contributed by atoms with E-state index < -0.39 is 0 Å². The number of furan rings is 1. The van der Waals surface area contributed by atoms with Crippen LogP contribution in [0.4, 0.5) is 11.4 Å². The molecule has 3 heterocycles. The number of anilines is 2. The number of fused-ring (bicyclic) bond motifs is 10. The Balaban J connectivity index is 1.02. The van der Waals surface area contributed by atoms with Gasteiger partial charge in [-0.25, -0.2) is 0 Å². The van der Waals surface area contributed by atoms with Crippen LogP contribution in [-0.2, 0) is 0 Å². The fourth-order valence-electron chi connectivity index (χ4n) is 9.03. The molecule has 0 bridgehead atoms. The first-order valence-electron chi connectivity index (χ1n) is 19.3. The maximum atomic E-state index is 6.53. The zero-order chi connectivity index (χ0) is 36.7. The molecule has 0 radical (unpaired) electrons. The van der Waals surface area contributed by atoms with Gasteiger partial charge in [0, 0.05) is 76.3 Å². The minimum absolute atomic E-state index is 0.253. The molecule has 0 aliphatic heterocycles. The molecule has 4 heteroatoms. The summed E-state index contributed by atoms with van der Waals surface area (Å²) in [6, 6.07) is 57.0. The maximum absolute atomic E-state index is 6.53. The fourth-order valence-corrected chi connectivity index (χ4v) is 10.1. The van der Waals surface area contributed by atoms with Gasteiger partial charge >= 0.3 is 0 Å². The Morgan fingerprint density at radius 2 is 1.09 bits per heavy atom. The lowest BCUT2D eigenvalue weighted by molar-refractivity contribution is 0.655. The Morgan fingerprint density at radius 1 is 0.482 bits per heavy atom. The zero-order valence-corrected chi connectivity index (χ0v) is 31.2. The number of hydrogen-bond donors (Lipinski definition) is 0. The van der Waals surface area contributed by atoms with Crippen LogP contribution in [-0.4, -0.2) is 4.57 Å². The maximum Gasteiger partial charge on any atom is 0.135 e. The molecule has 7 aromatic carbocycles. The van der Waals surface area contributed by atoms with Crippen molar-refractivity contribution in [2.75, 3.05) is 4.90 Å². The predicted octanol–water partition coefficient (Wildman–Crippen LogP) is 14.5. The lowest BCUT2D eigenvalue weighted by Crippen LogP contribution is -2.21. The van der Waals surface area contributed by atoms with Gasteiger partial charge in [-0.15, -0.1) is 11.3 Å².